The number of hydrogen-bond donors (Lipinski definition) is 6. The smallest absolute Gasteiger partial charge is 0.246 e. The molecule has 0 saturated carbocycles. The van der Waals surface area contributed by atoms with Crippen LogP contribution in [-0.4, -0.2) is 81.8 Å². The number of nitrogens with two attached hydrogens (primary N) is 3. The maximum absolute atomic E-state index is 14.1. The van der Waals surface area contributed by atoms with Crippen molar-refractivity contribution in [2.45, 2.75) is 69.2 Å². The van der Waals surface area contributed by atoms with Crippen LogP contribution in [0.5, 0.6) is 5.75 Å². The van der Waals surface area contributed by atoms with E-state index in [2.05, 4.69) is 15.6 Å². The summed E-state index contributed by atoms with van der Waals surface area (Å²) in [5.74, 6) is -1.88. The Bertz CT molecular complexity index is 1460. The second-order valence-electron chi connectivity index (χ2n) is 11.4. The van der Waals surface area contributed by atoms with Crippen molar-refractivity contribution in [3.8, 4) is 5.75 Å². The first-order valence-electron chi connectivity index (χ1n) is 14.4. The monoisotopic (exact) mass is 590 g/mol. The van der Waals surface area contributed by atoms with Crippen LogP contribution in [0.15, 0.2) is 47.5 Å². The zero-order chi connectivity index (χ0) is 30.8. The fourth-order valence-electron chi connectivity index (χ4n) is 6.51. The molecule has 13 heteroatoms. The van der Waals surface area contributed by atoms with Crippen molar-refractivity contribution in [2.24, 2.45) is 22.2 Å². The summed E-state index contributed by atoms with van der Waals surface area (Å²) < 4.78 is 0. The van der Waals surface area contributed by atoms with E-state index < -0.39 is 35.8 Å². The zero-order valence-corrected chi connectivity index (χ0v) is 24.0. The number of phenols is 1. The lowest BCUT2D eigenvalue weighted by molar-refractivity contribution is -0.146. The third kappa shape index (κ3) is 6.20. The summed E-state index contributed by atoms with van der Waals surface area (Å²) in [6.07, 6.45) is 1.09. The summed E-state index contributed by atoms with van der Waals surface area (Å²) in [5.41, 5.74) is 20.2. The number of fused-ring (bicyclic) bond motifs is 4. The number of aliphatic imine (C=N–C) groups is 1. The summed E-state index contributed by atoms with van der Waals surface area (Å²) in [4.78, 5) is 60.1. The van der Waals surface area contributed by atoms with Crippen LogP contribution in [0.2, 0.25) is 0 Å². The Morgan fingerprint density at radius 3 is 2.56 bits per heavy atom. The molecule has 0 spiro atoms. The number of anilines is 1. The molecule has 9 N–H and O–H groups in total. The van der Waals surface area contributed by atoms with Crippen molar-refractivity contribution in [2.75, 3.05) is 18.4 Å². The van der Waals surface area contributed by atoms with Gasteiger partial charge in [0.2, 0.25) is 23.6 Å². The summed E-state index contributed by atoms with van der Waals surface area (Å²) in [5, 5.41) is 16.4. The van der Waals surface area contributed by atoms with E-state index >= 15 is 0 Å². The Kier molecular flexibility index (Phi) is 8.42. The van der Waals surface area contributed by atoms with Crippen LogP contribution in [0.25, 0.3) is 0 Å². The maximum atomic E-state index is 14.1. The molecule has 2 aromatic carbocycles. The number of amides is 4. The molecule has 5 atom stereocenters. The first kappa shape index (κ1) is 29.7. The topological polar surface area (TPSA) is 209 Å². The molecule has 1 saturated heterocycles. The molecule has 3 aliphatic rings. The number of aromatic hydroxyl groups is 1. The average Bonchev–Trinajstić information content (AvgIpc) is 3.34. The van der Waals surface area contributed by atoms with Gasteiger partial charge in [0.05, 0.1) is 0 Å². The van der Waals surface area contributed by atoms with E-state index in [0.717, 1.165) is 16.8 Å². The van der Waals surface area contributed by atoms with E-state index in [9.17, 15) is 24.3 Å². The number of nitrogens with one attached hydrogen (secondary N) is 2. The summed E-state index contributed by atoms with van der Waals surface area (Å²) in [7, 11) is 0. The van der Waals surface area contributed by atoms with Crippen molar-refractivity contribution in [3.63, 3.8) is 0 Å². The molecule has 4 amide bonds. The van der Waals surface area contributed by atoms with Gasteiger partial charge in [0.25, 0.3) is 0 Å². The van der Waals surface area contributed by atoms with Crippen LogP contribution in [0, 0.1) is 0 Å². The highest BCUT2D eigenvalue weighted by atomic mass is 16.3. The molecule has 228 valence electrons. The van der Waals surface area contributed by atoms with Gasteiger partial charge in [0.1, 0.15) is 23.9 Å². The van der Waals surface area contributed by atoms with Crippen molar-refractivity contribution in [3.05, 3.63) is 59.2 Å². The lowest BCUT2D eigenvalue weighted by atomic mass is 9.85. The highest BCUT2D eigenvalue weighted by molar-refractivity contribution is 5.94. The maximum Gasteiger partial charge on any atom is 0.246 e. The molecule has 3 heterocycles. The number of rotatable bonds is 8. The minimum atomic E-state index is -1.04. The first-order valence-corrected chi connectivity index (χ1v) is 14.4. The van der Waals surface area contributed by atoms with Crippen LogP contribution in [0.1, 0.15) is 48.8 Å². The van der Waals surface area contributed by atoms with Crippen LogP contribution < -0.4 is 27.8 Å². The highest BCUT2D eigenvalue weighted by Gasteiger charge is 2.45. The van der Waals surface area contributed by atoms with Crippen LogP contribution in [0.4, 0.5) is 5.69 Å². The largest absolute Gasteiger partial charge is 0.508 e. The van der Waals surface area contributed by atoms with Crippen molar-refractivity contribution >= 4 is 35.3 Å². The van der Waals surface area contributed by atoms with Gasteiger partial charge in [-0.05, 0) is 54.2 Å². The van der Waals surface area contributed by atoms with E-state index in [1.54, 1.807) is 17.0 Å². The zero-order valence-electron chi connectivity index (χ0n) is 24.0. The number of likely N-dealkylation sites (tertiary alicyclic amines) is 1. The van der Waals surface area contributed by atoms with Crippen molar-refractivity contribution in [1.29, 1.82) is 0 Å². The number of piperidine rings is 1. The van der Waals surface area contributed by atoms with Gasteiger partial charge in [-0.2, -0.15) is 0 Å². The predicted octanol–water partition coefficient (Wildman–Crippen LogP) is -0.132. The molecule has 0 aromatic heterocycles. The lowest BCUT2D eigenvalue weighted by Crippen LogP contribution is -2.61. The Morgan fingerprint density at radius 2 is 1.84 bits per heavy atom. The third-order valence-corrected chi connectivity index (χ3v) is 8.63. The van der Waals surface area contributed by atoms with Gasteiger partial charge in [-0.25, -0.2) is 0 Å². The van der Waals surface area contributed by atoms with Gasteiger partial charge in [0.15, 0.2) is 5.96 Å². The van der Waals surface area contributed by atoms with Crippen LogP contribution in [0.3, 0.4) is 0 Å². The number of para-hydroxylation sites is 1. The third-order valence-electron chi connectivity index (χ3n) is 8.63. The molecule has 0 bridgehead atoms. The number of benzene rings is 2. The molecule has 0 radical (unpaired) electrons. The summed E-state index contributed by atoms with van der Waals surface area (Å²) in [6, 6.07) is 9.86. The molecule has 1 fully saturated rings. The van der Waals surface area contributed by atoms with Crippen molar-refractivity contribution in [1.82, 2.24) is 15.1 Å². The number of guanidine groups is 1. The Labute approximate surface area is 249 Å². The number of carbonyl (C=O) groups excluding carboxylic acids is 4. The lowest BCUT2D eigenvalue weighted by Gasteiger charge is -2.41. The minimum Gasteiger partial charge on any atom is -0.508 e. The molecule has 2 unspecified atom stereocenters. The normalized spacial score (nSPS) is 22.7. The van der Waals surface area contributed by atoms with Crippen LogP contribution in [-0.2, 0) is 32.1 Å². The van der Waals surface area contributed by atoms with E-state index in [1.807, 2.05) is 24.3 Å². The van der Waals surface area contributed by atoms with E-state index in [1.165, 1.54) is 17.9 Å². The number of carbonyl (C=O) groups is 4. The van der Waals surface area contributed by atoms with Gasteiger partial charge < -0.3 is 42.7 Å². The van der Waals surface area contributed by atoms with E-state index in [-0.39, 0.29) is 55.5 Å². The summed E-state index contributed by atoms with van der Waals surface area (Å²) >= 11 is 0. The molecule has 13 nitrogen and oxygen atoms in total. The number of hydrogen-bond acceptors (Lipinski definition) is 7. The van der Waals surface area contributed by atoms with Gasteiger partial charge in [0, 0.05) is 50.6 Å². The molecular formula is C30H38N8O5. The Balaban J connectivity index is 1.38. The fourth-order valence-corrected chi connectivity index (χ4v) is 6.51. The first-order chi connectivity index (χ1) is 20.5. The second-order valence-corrected chi connectivity index (χ2v) is 11.4. The number of nitrogens with zero attached hydrogens (tertiary/aromatic N) is 3. The Morgan fingerprint density at radius 1 is 1.07 bits per heavy atom. The SMILES string of the molecule is CC(=O)N1CC2c3ccccc3NC2C[C@@H]1C(=O)N[C@H](CCCN=C(N)N)C(=O)N1Cc2cc(O)ccc2C[C@@H]1C(N)=O. The minimum absolute atomic E-state index is 0.0331. The number of phenolic OH excluding ortho intramolecular Hbond substituents is 1. The fraction of sp³-hybridized carbons (Fsp3) is 0.433. The van der Waals surface area contributed by atoms with E-state index in [4.69, 9.17) is 17.2 Å². The quantitative estimate of drug-likeness (QED) is 0.138. The second kappa shape index (κ2) is 12.2. The number of primary amides is 1. The van der Waals surface area contributed by atoms with E-state index in [0.29, 0.717) is 24.9 Å². The Hall–Kier alpha value is -4.81. The van der Waals surface area contributed by atoms with Crippen molar-refractivity contribution < 1.29 is 24.3 Å². The molecule has 43 heavy (non-hydrogen) atoms. The van der Waals surface area contributed by atoms with Crippen LogP contribution >= 0.6 is 0 Å². The molecule has 5 rings (SSSR count). The molecule has 0 aliphatic carbocycles. The van der Waals surface area contributed by atoms with Gasteiger partial charge in [-0.1, -0.05) is 24.3 Å². The summed E-state index contributed by atoms with van der Waals surface area (Å²) in [6.45, 7) is 2.06. The van der Waals surface area contributed by atoms with Gasteiger partial charge >= 0.3 is 0 Å². The van der Waals surface area contributed by atoms with Gasteiger partial charge in [-0.3, -0.25) is 24.2 Å². The highest BCUT2D eigenvalue weighted by Crippen LogP contribution is 2.41. The molecular weight excluding hydrogens is 552 g/mol. The standard InChI is InChI=1S/C30H38N8O5/c1-16(39)37-15-21-20-5-2-3-6-22(20)35-24(21)13-26(37)28(42)36-23(7-4-10-34-30(32)33)29(43)38-14-18-11-19(40)9-8-17(18)12-25(38)27(31)41/h2-3,5-6,8-9,11,21,23-26,35,40H,4,7,10,12-15H2,1H3,(H2,31,41)(H,36,42)(H4,32,33,34)/t21?,23-,24?,25-,26-/m1/s1. The molecule has 3 aliphatic heterocycles. The van der Waals surface area contributed by atoms with Gasteiger partial charge in [-0.15, -0.1) is 0 Å². The predicted molar refractivity (Wildman–Crippen MR) is 160 cm³/mol. The molecule has 2 aromatic rings. The average molecular weight is 591 g/mol.